The molecule has 0 aliphatic rings. The highest BCUT2D eigenvalue weighted by molar-refractivity contribution is 7.90. The van der Waals surface area contributed by atoms with E-state index in [0.29, 0.717) is 5.58 Å². The van der Waals surface area contributed by atoms with E-state index in [1.807, 2.05) is 25.1 Å². The minimum atomic E-state index is -1.51. The second-order valence-corrected chi connectivity index (χ2v) is 7.96. The number of aryl methyl sites for hydroxylation is 1. The van der Waals surface area contributed by atoms with Crippen molar-refractivity contribution in [3.8, 4) is 0 Å². The number of carboxylic acids is 1. The number of benzene rings is 1. The Labute approximate surface area is 126 Å². The summed E-state index contributed by atoms with van der Waals surface area (Å²) in [5.74, 6) is -0.871. The third kappa shape index (κ3) is 3.58. The van der Waals surface area contributed by atoms with E-state index in [-0.39, 0.29) is 5.76 Å². The highest BCUT2D eigenvalue weighted by Crippen LogP contribution is 2.27. The van der Waals surface area contributed by atoms with Crippen molar-refractivity contribution in [2.75, 3.05) is 0 Å². The molecular weight excluding hydrogens is 290 g/mol. The van der Waals surface area contributed by atoms with E-state index in [2.05, 4.69) is 4.72 Å². The molecule has 5 nitrogen and oxygen atoms in total. The molecule has 0 fully saturated rings. The van der Waals surface area contributed by atoms with E-state index < -0.39 is 28.1 Å². The van der Waals surface area contributed by atoms with Gasteiger partial charge in [-0.25, -0.2) is 4.79 Å². The fourth-order valence-corrected chi connectivity index (χ4v) is 2.60. The Balaban J connectivity index is 2.34. The first-order chi connectivity index (χ1) is 9.68. The fraction of sp³-hybridized carbons (Fsp3) is 0.400. The molecule has 0 saturated carbocycles. The van der Waals surface area contributed by atoms with Crippen LogP contribution in [0, 0.1) is 6.92 Å². The van der Waals surface area contributed by atoms with Gasteiger partial charge >= 0.3 is 5.97 Å². The van der Waals surface area contributed by atoms with Crippen LogP contribution in [0.5, 0.6) is 0 Å². The first kappa shape index (κ1) is 15.9. The molecule has 0 radical (unpaired) electrons. The van der Waals surface area contributed by atoms with Gasteiger partial charge in [0.05, 0.1) is 0 Å². The maximum absolute atomic E-state index is 12.1. The Morgan fingerprint density at radius 3 is 2.62 bits per heavy atom. The minimum Gasteiger partial charge on any atom is -0.598 e. The van der Waals surface area contributed by atoms with Crippen molar-refractivity contribution in [2.24, 2.45) is 0 Å². The van der Waals surface area contributed by atoms with Gasteiger partial charge in [-0.3, -0.25) is 0 Å². The summed E-state index contributed by atoms with van der Waals surface area (Å²) >= 11 is -1.51. The molecule has 0 spiro atoms. The molecule has 114 valence electrons. The van der Waals surface area contributed by atoms with Crippen LogP contribution in [0.2, 0.25) is 0 Å². The average molecular weight is 309 g/mol. The summed E-state index contributed by atoms with van der Waals surface area (Å²) in [6.07, 6.45) is 0. The molecule has 0 aliphatic heterocycles. The minimum absolute atomic E-state index is 0.251. The molecule has 0 unspecified atom stereocenters. The average Bonchev–Trinajstić information content (AvgIpc) is 2.76. The summed E-state index contributed by atoms with van der Waals surface area (Å²) in [6, 6.07) is 6.17. The van der Waals surface area contributed by atoms with Gasteiger partial charge in [-0.05, 0) is 45.4 Å². The predicted molar refractivity (Wildman–Crippen MR) is 82.4 cm³/mol. The number of hydrogen-bond donors (Lipinski definition) is 2. The normalized spacial score (nSPS) is 15.1. The number of aliphatic carboxylic acids is 1. The van der Waals surface area contributed by atoms with Crippen molar-refractivity contribution in [1.29, 1.82) is 0 Å². The lowest BCUT2D eigenvalue weighted by atomic mass is 10.2. The molecule has 0 aliphatic carbocycles. The molecule has 2 aromatic rings. The number of carbonyl (C=O) groups is 1. The largest absolute Gasteiger partial charge is 0.598 e. The zero-order valence-electron chi connectivity index (χ0n) is 12.5. The van der Waals surface area contributed by atoms with E-state index in [1.165, 1.54) is 0 Å². The van der Waals surface area contributed by atoms with Crippen molar-refractivity contribution in [3.05, 3.63) is 35.6 Å². The van der Waals surface area contributed by atoms with Crippen molar-refractivity contribution >= 4 is 28.3 Å². The molecule has 2 rings (SSSR count). The SMILES string of the molecule is Cc1ccc2cc([C@H](N[S@@+]([O-])C(C)(C)C)C(=O)O)oc2c1. The standard InChI is InChI=1S/C15H19NO4S/c1-9-5-6-10-8-12(20-11(10)7-9)13(14(17)18)16-21(19)15(2,3)4/h5-8,13,16H,1-4H3,(H,17,18)/t13-,21-/m0/s1. The maximum Gasteiger partial charge on any atom is 0.333 e. The lowest BCUT2D eigenvalue weighted by Gasteiger charge is -2.25. The highest BCUT2D eigenvalue weighted by atomic mass is 32.2. The van der Waals surface area contributed by atoms with Gasteiger partial charge < -0.3 is 14.1 Å². The van der Waals surface area contributed by atoms with Gasteiger partial charge in [0.25, 0.3) is 0 Å². The third-order valence-electron chi connectivity index (χ3n) is 3.01. The molecule has 6 heteroatoms. The Bertz CT molecular complexity index is 659. The first-order valence-electron chi connectivity index (χ1n) is 6.59. The number of furan rings is 1. The fourth-order valence-electron chi connectivity index (χ4n) is 1.82. The smallest absolute Gasteiger partial charge is 0.333 e. The lowest BCUT2D eigenvalue weighted by molar-refractivity contribution is -0.139. The van der Waals surface area contributed by atoms with Crippen LogP contribution in [-0.2, 0) is 16.2 Å². The Kier molecular flexibility index (Phi) is 4.32. The monoisotopic (exact) mass is 309 g/mol. The highest BCUT2D eigenvalue weighted by Gasteiger charge is 2.34. The van der Waals surface area contributed by atoms with Crippen LogP contribution in [-0.4, -0.2) is 20.4 Å². The molecule has 21 heavy (non-hydrogen) atoms. The number of nitrogens with one attached hydrogen (secondary N) is 1. The number of rotatable bonds is 4. The molecule has 2 atom stereocenters. The maximum atomic E-state index is 12.1. The van der Waals surface area contributed by atoms with Crippen molar-refractivity contribution in [3.63, 3.8) is 0 Å². The summed E-state index contributed by atoms with van der Waals surface area (Å²) < 4.78 is 19.8. The zero-order valence-corrected chi connectivity index (χ0v) is 13.3. The number of fused-ring (bicyclic) bond motifs is 1. The Morgan fingerprint density at radius 1 is 1.38 bits per heavy atom. The second kappa shape index (κ2) is 5.71. The van der Waals surface area contributed by atoms with Crippen LogP contribution >= 0.6 is 0 Å². The third-order valence-corrected chi connectivity index (χ3v) is 4.57. The van der Waals surface area contributed by atoms with E-state index >= 15 is 0 Å². The Morgan fingerprint density at radius 2 is 2.05 bits per heavy atom. The summed E-state index contributed by atoms with van der Waals surface area (Å²) in [4.78, 5) is 11.4. The van der Waals surface area contributed by atoms with E-state index in [1.54, 1.807) is 26.8 Å². The topological polar surface area (TPSA) is 85.5 Å². The molecule has 0 bridgehead atoms. The van der Waals surface area contributed by atoms with Crippen LogP contribution in [0.25, 0.3) is 11.0 Å². The van der Waals surface area contributed by atoms with Gasteiger partial charge in [-0.15, -0.1) is 4.72 Å². The van der Waals surface area contributed by atoms with Crippen LogP contribution in [0.1, 0.15) is 38.1 Å². The second-order valence-electron chi connectivity index (χ2n) is 5.96. The summed E-state index contributed by atoms with van der Waals surface area (Å²) in [7, 11) is 0. The van der Waals surface area contributed by atoms with Crippen molar-refractivity contribution in [1.82, 2.24) is 4.72 Å². The van der Waals surface area contributed by atoms with E-state index in [9.17, 15) is 14.5 Å². The summed E-state index contributed by atoms with van der Waals surface area (Å²) in [5, 5.41) is 10.2. The molecular formula is C15H19NO4S. The van der Waals surface area contributed by atoms with Crippen LogP contribution < -0.4 is 4.72 Å². The van der Waals surface area contributed by atoms with Gasteiger partial charge in [0.15, 0.2) is 0 Å². The predicted octanol–water partition coefficient (Wildman–Crippen LogP) is 2.92. The van der Waals surface area contributed by atoms with Gasteiger partial charge in [0, 0.05) is 16.7 Å². The lowest BCUT2D eigenvalue weighted by Crippen LogP contribution is -2.43. The molecule has 2 N–H and O–H groups in total. The first-order valence-corrected chi connectivity index (χ1v) is 7.74. The Hall–Kier alpha value is -1.50. The van der Waals surface area contributed by atoms with Gasteiger partial charge in [-0.1, -0.05) is 12.1 Å². The molecule has 1 aromatic carbocycles. The van der Waals surface area contributed by atoms with E-state index in [0.717, 1.165) is 10.9 Å². The quantitative estimate of drug-likeness (QED) is 0.848. The molecule has 0 saturated heterocycles. The number of hydrogen-bond acceptors (Lipinski definition) is 4. The van der Waals surface area contributed by atoms with Crippen LogP contribution in [0.15, 0.2) is 28.7 Å². The summed E-state index contributed by atoms with van der Waals surface area (Å²) in [6.45, 7) is 7.26. The van der Waals surface area contributed by atoms with Crippen molar-refractivity contribution < 1.29 is 18.9 Å². The molecule has 1 aromatic heterocycles. The zero-order chi connectivity index (χ0) is 15.8. The van der Waals surface area contributed by atoms with Gasteiger partial charge in [0.1, 0.15) is 16.1 Å². The molecule has 0 amide bonds. The van der Waals surface area contributed by atoms with E-state index in [4.69, 9.17) is 4.42 Å². The van der Waals surface area contributed by atoms with Crippen LogP contribution in [0.4, 0.5) is 0 Å². The van der Waals surface area contributed by atoms with Crippen LogP contribution in [0.3, 0.4) is 0 Å². The number of carboxylic acid groups (broad SMARTS) is 1. The van der Waals surface area contributed by atoms with Crippen molar-refractivity contribution in [2.45, 2.75) is 38.5 Å². The molecule has 1 heterocycles. The van der Waals surface area contributed by atoms with Gasteiger partial charge in [-0.2, -0.15) is 0 Å². The summed E-state index contributed by atoms with van der Waals surface area (Å²) in [5.41, 5.74) is 1.65. The van der Waals surface area contributed by atoms with Gasteiger partial charge in [0.2, 0.25) is 6.04 Å².